The highest BCUT2D eigenvalue weighted by Gasteiger charge is 2.09. The highest BCUT2D eigenvalue weighted by atomic mass is 14.9. The topological polar surface area (TPSA) is 12.0 Å². The lowest BCUT2D eigenvalue weighted by molar-refractivity contribution is 0.681. The Hall–Kier alpha value is -0.460. The second kappa shape index (κ2) is 1.57. The number of hydrogen-bond acceptors (Lipinski definition) is 1. The summed E-state index contributed by atoms with van der Waals surface area (Å²) in [4.78, 5) is 0. The molecule has 1 aliphatic heterocycles. The first-order valence-electron chi connectivity index (χ1n) is 2.73. The minimum atomic E-state index is 0.674. The van der Waals surface area contributed by atoms with E-state index >= 15 is 0 Å². The SMILES string of the molecule is C=C1CCC(C)N1. The van der Waals surface area contributed by atoms with Crippen LogP contribution in [0.2, 0.25) is 0 Å². The number of rotatable bonds is 0. The Balaban J connectivity index is 2.40. The van der Waals surface area contributed by atoms with Gasteiger partial charge in [-0.3, -0.25) is 0 Å². The van der Waals surface area contributed by atoms with E-state index in [0.717, 1.165) is 0 Å². The van der Waals surface area contributed by atoms with E-state index in [1.165, 1.54) is 18.5 Å². The van der Waals surface area contributed by atoms with Crippen molar-refractivity contribution in [3.63, 3.8) is 0 Å². The maximum atomic E-state index is 3.79. The number of allylic oxidation sites excluding steroid dienone is 1. The third-order valence-corrected chi connectivity index (χ3v) is 1.33. The van der Waals surface area contributed by atoms with Gasteiger partial charge in [0.2, 0.25) is 0 Å². The summed E-state index contributed by atoms with van der Waals surface area (Å²) in [6.07, 6.45) is 2.43. The monoisotopic (exact) mass is 97.1 g/mol. The highest BCUT2D eigenvalue weighted by molar-refractivity contribution is 4.99. The van der Waals surface area contributed by atoms with Crippen LogP contribution < -0.4 is 5.32 Å². The molecule has 1 saturated heterocycles. The molecule has 0 aromatic rings. The van der Waals surface area contributed by atoms with Gasteiger partial charge in [-0.05, 0) is 19.8 Å². The van der Waals surface area contributed by atoms with Crippen LogP contribution in [0.15, 0.2) is 12.3 Å². The van der Waals surface area contributed by atoms with Gasteiger partial charge in [-0.1, -0.05) is 6.58 Å². The normalized spacial score (nSPS) is 30.4. The lowest BCUT2D eigenvalue weighted by Gasteiger charge is -1.99. The summed E-state index contributed by atoms with van der Waals surface area (Å²) < 4.78 is 0. The first kappa shape index (κ1) is 4.69. The second-order valence-corrected chi connectivity index (χ2v) is 2.19. The molecule has 0 amide bonds. The molecule has 1 heteroatoms. The van der Waals surface area contributed by atoms with Crippen LogP contribution in [0, 0.1) is 0 Å². The minimum absolute atomic E-state index is 0.674. The molecule has 1 nitrogen and oxygen atoms in total. The van der Waals surface area contributed by atoms with Gasteiger partial charge in [0.05, 0.1) is 0 Å². The van der Waals surface area contributed by atoms with E-state index in [1.54, 1.807) is 0 Å². The van der Waals surface area contributed by atoms with Crippen LogP contribution in [0.4, 0.5) is 0 Å². The van der Waals surface area contributed by atoms with Crippen LogP contribution in [0.1, 0.15) is 19.8 Å². The van der Waals surface area contributed by atoms with Gasteiger partial charge >= 0.3 is 0 Å². The van der Waals surface area contributed by atoms with Crippen LogP contribution in [0.5, 0.6) is 0 Å². The van der Waals surface area contributed by atoms with Crippen LogP contribution in [0.25, 0.3) is 0 Å². The van der Waals surface area contributed by atoms with Crippen molar-refractivity contribution in [2.45, 2.75) is 25.8 Å². The summed E-state index contributed by atoms with van der Waals surface area (Å²) >= 11 is 0. The Morgan fingerprint density at radius 2 is 2.57 bits per heavy atom. The molecule has 1 N–H and O–H groups in total. The molecule has 0 aromatic carbocycles. The van der Waals surface area contributed by atoms with Gasteiger partial charge in [-0.2, -0.15) is 0 Å². The zero-order valence-corrected chi connectivity index (χ0v) is 4.70. The Labute approximate surface area is 44.4 Å². The van der Waals surface area contributed by atoms with E-state index in [2.05, 4.69) is 18.8 Å². The van der Waals surface area contributed by atoms with Crippen molar-refractivity contribution in [3.8, 4) is 0 Å². The van der Waals surface area contributed by atoms with Crippen molar-refractivity contribution in [1.82, 2.24) is 5.32 Å². The third-order valence-electron chi connectivity index (χ3n) is 1.33. The van der Waals surface area contributed by atoms with Crippen molar-refractivity contribution >= 4 is 0 Å². The summed E-state index contributed by atoms with van der Waals surface area (Å²) in [6.45, 7) is 5.97. The molecule has 1 rings (SSSR count). The van der Waals surface area contributed by atoms with Gasteiger partial charge in [0.1, 0.15) is 0 Å². The van der Waals surface area contributed by atoms with E-state index in [0.29, 0.717) is 6.04 Å². The second-order valence-electron chi connectivity index (χ2n) is 2.19. The van der Waals surface area contributed by atoms with E-state index in [9.17, 15) is 0 Å². The predicted octanol–water partition coefficient (Wildman–Crippen LogP) is 1.27. The van der Waals surface area contributed by atoms with Crippen molar-refractivity contribution in [2.75, 3.05) is 0 Å². The average molecular weight is 97.2 g/mol. The summed E-state index contributed by atoms with van der Waals surface area (Å²) in [7, 11) is 0. The smallest absolute Gasteiger partial charge is 0.0233 e. The fourth-order valence-electron chi connectivity index (χ4n) is 0.884. The molecule has 1 unspecified atom stereocenters. The minimum Gasteiger partial charge on any atom is -0.386 e. The summed E-state index contributed by atoms with van der Waals surface area (Å²) in [5.74, 6) is 0. The molecule has 1 heterocycles. The van der Waals surface area contributed by atoms with E-state index < -0.39 is 0 Å². The van der Waals surface area contributed by atoms with Gasteiger partial charge in [-0.15, -0.1) is 0 Å². The van der Waals surface area contributed by atoms with Gasteiger partial charge in [0.25, 0.3) is 0 Å². The van der Waals surface area contributed by atoms with Crippen molar-refractivity contribution in [2.24, 2.45) is 0 Å². The van der Waals surface area contributed by atoms with Crippen molar-refractivity contribution < 1.29 is 0 Å². The molecule has 0 aromatic heterocycles. The lowest BCUT2D eigenvalue weighted by atomic mass is 10.2. The van der Waals surface area contributed by atoms with Crippen molar-refractivity contribution in [1.29, 1.82) is 0 Å². The fraction of sp³-hybridized carbons (Fsp3) is 0.667. The Morgan fingerprint density at radius 3 is 2.71 bits per heavy atom. The molecule has 0 spiro atoms. The quantitative estimate of drug-likeness (QED) is 0.480. The zero-order chi connectivity index (χ0) is 5.28. The highest BCUT2D eigenvalue weighted by Crippen LogP contribution is 2.11. The largest absolute Gasteiger partial charge is 0.386 e. The molecular formula is C6H11N. The van der Waals surface area contributed by atoms with E-state index in [4.69, 9.17) is 0 Å². The maximum Gasteiger partial charge on any atom is 0.0233 e. The maximum absolute atomic E-state index is 3.79. The number of nitrogens with one attached hydrogen (secondary N) is 1. The van der Waals surface area contributed by atoms with E-state index in [-0.39, 0.29) is 0 Å². The molecule has 0 aliphatic carbocycles. The van der Waals surface area contributed by atoms with Gasteiger partial charge in [0, 0.05) is 11.7 Å². The van der Waals surface area contributed by atoms with Crippen LogP contribution >= 0.6 is 0 Å². The molecule has 1 fully saturated rings. The fourth-order valence-corrected chi connectivity index (χ4v) is 0.884. The summed E-state index contributed by atoms with van der Waals surface area (Å²) in [6, 6.07) is 0.674. The lowest BCUT2D eigenvalue weighted by Crippen LogP contribution is -2.14. The van der Waals surface area contributed by atoms with Crippen LogP contribution in [0.3, 0.4) is 0 Å². The molecular weight excluding hydrogens is 86.1 g/mol. The van der Waals surface area contributed by atoms with Gasteiger partial charge < -0.3 is 5.32 Å². The molecule has 0 bridgehead atoms. The molecule has 1 aliphatic rings. The van der Waals surface area contributed by atoms with Crippen LogP contribution in [-0.4, -0.2) is 6.04 Å². The summed E-state index contributed by atoms with van der Waals surface area (Å²) in [5.41, 5.74) is 1.20. The first-order valence-corrected chi connectivity index (χ1v) is 2.73. The standard InChI is InChI=1S/C6H11N/c1-5-3-4-6(2)7-5/h6-7H,1,3-4H2,2H3. The molecule has 40 valence electrons. The predicted molar refractivity (Wildman–Crippen MR) is 31.0 cm³/mol. The Bertz CT molecular complexity index is 86.2. The third kappa shape index (κ3) is 0.952. The number of hydrogen-bond donors (Lipinski definition) is 1. The molecule has 7 heavy (non-hydrogen) atoms. The Morgan fingerprint density at radius 1 is 1.86 bits per heavy atom. The average Bonchev–Trinajstić information content (AvgIpc) is 1.87. The van der Waals surface area contributed by atoms with E-state index in [1.807, 2.05) is 0 Å². The van der Waals surface area contributed by atoms with Crippen LogP contribution in [-0.2, 0) is 0 Å². The van der Waals surface area contributed by atoms with Gasteiger partial charge in [-0.25, -0.2) is 0 Å². The molecule has 0 radical (unpaired) electrons. The first-order chi connectivity index (χ1) is 3.29. The van der Waals surface area contributed by atoms with Gasteiger partial charge in [0.15, 0.2) is 0 Å². The van der Waals surface area contributed by atoms with Crippen molar-refractivity contribution in [3.05, 3.63) is 12.3 Å². The summed E-state index contributed by atoms with van der Waals surface area (Å²) in [5, 5.41) is 3.22. The molecule has 1 atom stereocenters. The molecule has 0 saturated carbocycles. The zero-order valence-electron chi connectivity index (χ0n) is 4.70. The Kier molecular flexibility index (Phi) is 1.05.